The summed E-state index contributed by atoms with van der Waals surface area (Å²) in [4.78, 5) is 32.1. The van der Waals surface area contributed by atoms with Crippen molar-refractivity contribution >= 4 is 28.4 Å². The molecule has 8 heteroatoms. The Morgan fingerprint density at radius 2 is 1.64 bits per heavy atom. The highest BCUT2D eigenvalue weighted by molar-refractivity contribution is 6.07. The van der Waals surface area contributed by atoms with Crippen molar-refractivity contribution in [3.05, 3.63) is 82.3 Å². The Morgan fingerprint density at radius 1 is 0.974 bits per heavy atom. The summed E-state index contributed by atoms with van der Waals surface area (Å²) in [7, 11) is 1.59. The summed E-state index contributed by atoms with van der Waals surface area (Å²) in [6.45, 7) is 9.17. The van der Waals surface area contributed by atoms with Crippen LogP contribution in [0, 0.1) is 0 Å². The van der Waals surface area contributed by atoms with Gasteiger partial charge in [0.15, 0.2) is 0 Å². The fourth-order valence-electron chi connectivity index (χ4n) is 4.88. The van der Waals surface area contributed by atoms with E-state index >= 15 is 0 Å². The molecule has 2 heterocycles. The van der Waals surface area contributed by atoms with Gasteiger partial charge in [-0.25, -0.2) is 9.78 Å². The minimum atomic E-state index is -0.486. The predicted octanol–water partition coefficient (Wildman–Crippen LogP) is 6.31. The van der Waals surface area contributed by atoms with Gasteiger partial charge in [-0.2, -0.15) is 0 Å². The van der Waals surface area contributed by atoms with Crippen LogP contribution in [0.5, 0.6) is 5.75 Å². The van der Waals surface area contributed by atoms with E-state index in [0.717, 1.165) is 27.8 Å². The first-order valence-corrected chi connectivity index (χ1v) is 13.3. The Bertz CT molecular complexity index is 1520. The Hall–Kier alpha value is -4.17. The zero-order valence-corrected chi connectivity index (χ0v) is 23.2. The lowest BCUT2D eigenvalue weighted by Gasteiger charge is -2.22. The van der Waals surface area contributed by atoms with Gasteiger partial charge >= 0.3 is 6.03 Å². The molecule has 0 saturated heterocycles. The predicted molar refractivity (Wildman–Crippen MR) is 159 cm³/mol. The number of ether oxygens (including phenoxy) is 1. The van der Waals surface area contributed by atoms with Crippen LogP contribution in [0.2, 0.25) is 0 Å². The van der Waals surface area contributed by atoms with Crippen molar-refractivity contribution in [2.75, 3.05) is 24.3 Å². The first-order valence-electron chi connectivity index (χ1n) is 13.3. The zero-order valence-electron chi connectivity index (χ0n) is 23.2. The average molecular weight is 528 g/mol. The van der Waals surface area contributed by atoms with E-state index < -0.39 is 6.03 Å². The highest BCUT2D eigenvalue weighted by Crippen LogP contribution is 2.36. The molecule has 0 unspecified atom stereocenters. The molecule has 0 bridgehead atoms. The van der Waals surface area contributed by atoms with Gasteiger partial charge in [-0.1, -0.05) is 58.0 Å². The van der Waals surface area contributed by atoms with E-state index in [4.69, 9.17) is 10.5 Å². The molecule has 8 nitrogen and oxygen atoms in total. The Kier molecular flexibility index (Phi) is 8.66. The normalized spacial score (nSPS) is 11.3. The molecule has 39 heavy (non-hydrogen) atoms. The topological polar surface area (TPSA) is 111 Å². The van der Waals surface area contributed by atoms with E-state index in [-0.39, 0.29) is 23.1 Å². The van der Waals surface area contributed by atoms with Gasteiger partial charge in [0.05, 0.1) is 7.11 Å². The molecule has 2 aromatic carbocycles. The number of nitrogens with two attached hydrogens (primary N) is 1. The van der Waals surface area contributed by atoms with Crippen LogP contribution in [0.3, 0.4) is 0 Å². The average Bonchev–Trinajstić information content (AvgIpc) is 2.93. The number of fused-ring (bicyclic) bond motifs is 1. The van der Waals surface area contributed by atoms with E-state index in [9.17, 15) is 9.59 Å². The van der Waals surface area contributed by atoms with E-state index in [0.29, 0.717) is 36.5 Å². The molecule has 0 saturated carbocycles. The number of aromatic nitrogens is 2. The molecule has 0 spiro atoms. The number of urea groups is 1. The summed E-state index contributed by atoms with van der Waals surface area (Å²) in [6, 6.07) is 16.7. The van der Waals surface area contributed by atoms with E-state index in [2.05, 4.69) is 43.3 Å². The number of benzene rings is 2. The van der Waals surface area contributed by atoms with Crippen LogP contribution in [0.25, 0.3) is 22.2 Å². The van der Waals surface area contributed by atoms with Crippen LogP contribution in [0.1, 0.15) is 57.1 Å². The van der Waals surface area contributed by atoms with Crippen LogP contribution in [-0.4, -0.2) is 29.2 Å². The van der Waals surface area contributed by atoms with Gasteiger partial charge in [0.2, 0.25) is 0 Å². The minimum absolute atomic E-state index is 0.173. The molecule has 2 aromatic heterocycles. The standard InChI is InChI=1S/C31H37N5O3/c1-19(2)23-12-7-13-24(20(3)4)27(23)34-31(38)35-28-26(21-10-6-11-22(18-21)39-5)25-14-8-16-33-29(25)36(30(28)37)17-9-15-32/h6-8,10-14,16,18-20H,9,15,17,32H2,1-5H3,(H2,34,35,38). The summed E-state index contributed by atoms with van der Waals surface area (Å²) < 4.78 is 7.04. The molecule has 0 atom stereocenters. The number of aryl methyl sites for hydroxylation is 1. The van der Waals surface area contributed by atoms with Crippen LogP contribution >= 0.6 is 0 Å². The molecule has 4 aromatic rings. The van der Waals surface area contributed by atoms with Gasteiger partial charge in [-0.15, -0.1) is 0 Å². The van der Waals surface area contributed by atoms with Crippen LogP contribution in [-0.2, 0) is 6.54 Å². The number of carbonyl (C=O) groups is 1. The second kappa shape index (κ2) is 12.1. The molecular formula is C31H37N5O3. The smallest absolute Gasteiger partial charge is 0.323 e. The zero-order chi connectivity index (χ0) is 28.1. The second-order valence-corrected chi connectivity index (χ2v) is 10.2. The number of hydrogen-bond acceptors (Lipinski definition) is 5. The maximum atomic E-state index is 14.0. The lowest BCUT2D eigenvalue weighted by molar-refractivity contribution is 0.262. The Balaban J connectivity index is 1.90. The van der Waals surface area contributed by atoms with Crippen molar-refractivity contribution in [3.8, 4) is 16.9 Å². The highest BCUT2D eigenvalue weighted by atomic mass is 16.5. The van der Waals surface area contributed by atoms with Crippen molar-refractivity contribution in [2.45, 2.75) is 52.5 Å². The molecule has 0 fully saturated rings. The number of nitrogens with zero attached hydrogens (tertiary/aromatic N) is 2. The van der Waals surface area contributed by atoms with Crippen molar-refractivity contribution < 1.29 is 9.53 Å². The number of hydrogen-bond donors (Lipinski definition) is 3. The second-order valence-electron chi connectivity index (χ2n) is 10.2. The molecule has 0 aliphatic heterocycles. The number of pyridine rings is 2. The number of amides is 2. The Morgan fingerprint density at radius 3 is 2.28 bits per heavy atom. The third-order valence-electron chi connectivity index (χ3n) is 6.81. The van der Waals surface area contributed by atoms with Crippen LogP contribution < -0.4 is 26.7 Å². The van der Waals surface area contributed by atoms with Gasteiger partial charge in [0.25, 0.3) is 5.56 Å². The SMILES string of the molecule is COc1cccc(-c2c(NC(=O)Nc3c(C(C)C)cccc3C(C)C)c(=O)n(CCCN)c3ncccc23)c1. The first kappa shape index (κ1) is 27.9. The maximum Gasteiger partial charge on any atom is 0.323 e. The van der Waals surface area contributed by atoms with Crippen molar-refractivity contribution in [1.29, 1.82) is 0 Å². The fraction of sp³-hybridized carbons (Fsp3) is 0.323. The van der Waals surface area contributed by atoms with E-state index in [1.165, 1.54) is 0 Å². The van der Waals surface area contributed by atoms with Gasteiger partial charge in [-0.3, -0.25) is 9.36 Å². The lowest BCUT2D eigenvalue weighted by Crippen LogP contribution is -2.31. The molecule has 2 amide bonds. The molecule has 4 rings (SSSR count). The lowest BCUT2D eigenvalue weighted by atomic mass is 9.93. The molecule has 0 aliphatic rings. The largest absolute Gasteiger partial charge is 0.497 e. The van der Waals surface area contributed by atoms with Crippen LogP contribution in [0.4, 0.5) is 16.2 Å². The number of para-hydroxylation sites is 1. The van der Waals surface area contributed by atoms with E-state index in [1.54, 1.807) is 17.9 Å². The number of rotatable bonds is 9. The van der Waals surface area contributed by atoms with Gasteiger partial charge in [0.1, 0.15) is 17.1 Å². The monoisotopic (exact) mass is 527 g/mol. The summed E-state index contributed by atoms with van der Waals surface area (Å²) in [6.07, 6.45) is 2.25. The number of carbonyl (C=O) groups excluding carboxylic acids is 1. The highest BCUT2D eigenvalue weighted by Gasteiger charge is 2.22. The van der Waals surface area contributed by atoms with Gasteiger partial charge in [-0.05, 0) is 65.8 Å². The van der Waals surface area contributed by atoms with Crippen molar-refractivity contribution in [2.24, 2.45) is 5.73 Å². The third-order valence-corrected chi connectivity index (χ3v) is 6.81. The number of methoxy groups -OCH3 is 1. The summed E-state index contributed by atoms with van der Waals surface area (Å²) in [5.74, 6) is 1.04. The minimum Gasteiger partial charge on any atom is -0.497 e. The fourth-order valence-corrected chi connectivity index (χ4v) is 4.88. The van der Waals surface area contributed by atoms with E-state index in [1.807, 2.05) is 54.6 Å². The molecule has 0 aliphatic carbocycles. The molecule has 0 radical (unpaired) electrons. The number of nitrogens with one attached hydrogen (secondary N) is 2. The molecule has 4 N–H and O–H groups in total. The quantitative estimate of drug-likeness (QED) is 0.236. The molecular weight excluding hydrogens is 490 g/mol. The summed E-state index contributed by atoms with van der Waals surface area (Å²) >= 11 is 0. The maximum absolute atomic E-state index is 14.0. The first-order chi connectivity index (χ1) is 18.8. The number of anilines is 2. The Labute approximate surface area is 229 Å². The van der Waals surface area contributed by atoms with Gasteiger partial charge in [0, 0.05) is 29.4 Å². The molecule has 204 valence electrons. The summed E-state index contributed by atoms with van der Waals surface area (Å²) in [5.41, 5.74) is 10.3. The summed E-state index contributed by atoms with van der Waals surface area (Å²) in [5, 5.41) is 6.73. The van der Waals surface area contributed by atoms with Gasteiger partial charge < -0.3 is 21.1 Å². The van der Waals surface area contributed by atoms with Crippen LogP contribution in [0.15, 0.2) is 65.6 Å². The van der Waals surface area contributed by atoms with Crippen molar-refractivity contribution in [1.82, 2.24) is 9.55 Å². The van der Waals surface area contributed by atoms with Crippen molar-refractivity contribution in [3.63, 3.8) is 0 Å². The third kappa shape index (κ3) is 5.81.